The Balaban J connectivity index is 1.65. The lowest BCUT2D eigenvalue weighted by Crippen LogP contribution is -2.50. The van der Waals surface area contributed by atoms with Crippen molar-refractivity contribution in [3.63, 3.8) is 0 Å². The van der Waals surface area contributed by atoms with Crippen LogP contribution in [-0.2, 0) is 18.6 Å². The van der Waals surface area contributed by atoms with E-state index >= 15 is 0 Å². The average Bonchev–Trinajstić information content (AvgIpc) is 3.19. The minimum Gasteiger partial charge on any atom is -0.321 e. The summed E-state index contributed by atoms with van der Waals surface area (Å²) in [5, 5.41) is 2.52. The molecule has 0 atom stereocenters. The van der Waals surface area contributed by atoms with Crippen molar-refractivity contribution in [3.05, 3.63) is 94.0 Å². The lowest BCUT2D eigenvalue weighted by Gasteiger charge is -2.31. The van der Waals surface area contributed by atoms with Crippen molar-refractivity contribution >= 4 is 23.2 Å². The fraction of sp³-hybridized carbons (Fsp3) is 0.259. The van der Waals surface area contributed by atoms with E-state index in [9.17, 15) is 40.3 Å². The fourth-order valence-corrected chi connectivity index (χ4v) is 4.47. The minimum absolute atomic E-state index is 0.0250. The van der Waals surface area contributed by atoms with E-state index in [-0.39, 0.29) is 34.7 Å². The number of rotatable bonds is 5. The first-order valence-electron chi connectivity index (χ1n) is 11.5. The molecule has 0 saturated heterocycles. The van der Waals surface area contributed by atoms with Gasteiger partial charge in [-0.3, -0.25) is 9.59 Å². The van der Waals surface area contributed by atoms with Crippen molar-refractivity contribution in [2.24, 2.45) is 0 Å². The fourth-order valence-electron chi connectivity index (χ4n) is 4.47. The maximum absolute atomic E-state index is 14.6. The van der Waals surface area contributed by atoms with Gasteiger partial charge in [-0.2, -0.15) is 26.3 Å². The second-order valence-corrected chi connectivity index (χ2v) is 8.89. The molecule has 4 rings (SSSR count). The second kappa shape index (κ2) is 9.45. The van der Waals surface area contributed by atoms with Crippen LogP contribution in [0.5, 0.6) is 0 Å². The van der Waals surface area contributed by atoms with Crippen LogP contribution >= 0.6 is 0 Å². The van der Waals surface area contributed by atoms with Gasteiger partial charge in [-0.15, -0.1) is 0 Å². The molecule has 0 spiro atoms. The Morgan fingerprint density at radius 1 is 0.921 bits per heavy atom. The minimum atomic E-state index is -6.25. The summed E-state index contributed by atoms with van der Waals surface area (Å²) in [6.07, 6.45) is -12.6. The zero-order chi connectivity index (χ0) is 28.0. The van der Waals surface area contributed by atoms with E-state index in [1.165, 1.54) is 30.9 Å². The maximum atomic E-state index is 14.6. The molecule has 1 heterocycles. The van der Waals surface area contributed by atoms with Gasteiger partial charge in [-0.25, -0.2) is 4.39 Å². The van der Waals surface area contributed by atoms with E-state index in [2.05, 4.69) is 5.32 Å². The van der Waals surface area contributed by atoms with Crippen molar-refractivity contribution in [1.29, 1.82) is 0 Å². The Morgan fingerprint density at radius 3 is 2.18 bits per heavy atom. The number of hydrogen-bond acceptors (Lipinski definition) is 2. The van der Waals surface area contributed by atoms with Crippen molar-refractivity contribution in [1.82, 2.24) is 0 Å². The second-order valence-electron chi connectivity index (χ2n) is 8.89. The van der Waals surface area contributed by atoms with E-state index in [1.54, 1.807) is 30.3 Å². The summed E-state index contributed by atoms with van der Waals surface area (Å²) in [5.41, 5.74) is -5.62. The number of carbonyl (C=O) groups excluding carboxylic acids is 2. The predicted octanol–water partition coefficient (Wildman–Crippen LogP) is 7.26. The number of carbonyl (C=O) groups is 2. The number of fused-ring (bicyclic) bond motifs is 1. The summed E-state index contributed by atoms with van der Waals surface area (Å²) in [6.45, 7) is 2.93. The lowest BCUT2D eigenvalue weighted by molar-refractivity contribution is -0.348. The highest BCUT2D eigenvalue weighted by atomic mass is 19.4. The zero-order valence-electron chi connectivity index (χ0n) is 20.1. The molecule has 1 N–H and O–H groups in total. The van der Waals surface area contributed by atoms with Crippen LogP contribution in [0.15, 0.2) is 60.7 Å². The SMILES string of the molecule is CCc1cc(C(F)(C(F)(F)F)C(F)(F)F)cc(C)c1NC(=O)c1cccc(N2Cc3ccccc3C2=O)c1. The van der Waals surface area contributed by atoms with E-state index in [0.29, 0.717) is 29.9 Å². The van der Waals surface area contributed by atoms with Gasteiger partial charge in [0.05, 0.1) is 6.54 Å². The molecule has 0 bridgehead atoms. The smallest absolute Gasteiger partial charge is 0.321 e. The molecular formula is C27H21F7N2O2. The van der Waals surface area contributed by atoms with Gasteiger partial charge < -0.3 is 10.2 Å². The van der Waals surface area contributed by atoms with Crippen molar-refractivity contribution in [3.8, 4) is 0 Å². The summed E-state index contributed by atoms with van der Waals surface area (Å²) in [7, 11) is 0. The van der Waals surface area contributed by atoms with Crippen LogP contribution in [0.25, 0.3) is 0 Å². The number of anilines is 2. The largest absolute Gasteiger partial charge is 0.435 e. The van der Waals surface area contributed by atoms with Crippen LogP contribution in [-0.4, -0.2) is 24.2 Å². The quantitative estimate of drug-likeness (QED) is 0.348. The van der Waals surface area contributed by atoms with Crippen LogP contribution in [0.1, 0.15) is 49.9 Å². The summed E-state index contributed by atoms with van der Waals surface area (Å²) < 4.78 is 94.3. The first-order chi connectivity index (χ1) is 17.7. The number of alkyl halides is 7. The summed E-state index contributed by atoms with van der Waals surface area (Å²) in [4.78, 5) is 27.3. The third kappa shape index (κ3) is 4.50. The van der Waals surface area contributed by atoms with Gasteiger partial charge in [-0.1, -0.05) is 37.3 Å². The molecule has 0 saturated carbocycles. The van der Waals surface area contributed by atoms with Crippen LogP contribution in [0.3, 0.4) is 0 Å². The number of aryl methyl sites for hydroxylation is 2. The summed E-state index contributed by atoms with van der Waals surface area (Å²) in [5.74, 6) is -0.957. The van der Waals surface area contributed by atoms with E-state index in [1.807, 2.05) is 6.07 Å². The molecule has 4 nitrogen and oxygen atoms in total. The Labute approximate surface area is 213 Å². The molecule has 0 aliphatic carbocycles. The highest BCUT2D eigenvalue weighted by molar-refractivity contribution is 6.11. The molecule has 3 aromatic carbocycles. The van der Waals surface area contributed by atoms with Gasteiger partial charge in [0.25, 0.3) is 11.8 Å². The van der Waals surface area contributed by atoms with Gasteiger partial charge in [0.1, 0.15) is 0 Å². The first kappa shape index (κ1) is 27.2. The molecule has 0 radical (unpaired) electrons. The molecule has 3 aromatic rings. The van der Waals surface area contributed by atoms with Crippen LogP contribution in [0.2, 0.25) is 0 Å². The normalized spacial score (nSPS) is 14.0. The molecule has 1 aliphatic heterocycles. The zero-order valence-corrected chi connectivity index (χ0v) is 20.1. The highest BCUT2D eigenvalue weighted by Crippen LogP contribution is 2.54. The average molecular weight is 538 g/mol. The van der Waals surface area contributed by atoms with Crippen LogP contribution < -0.4 is 10.2 Å². The van der Waals surface area contributed by atoms with E-state index in [4.69, 9.17) is 0 Å². The highest BCUT2D eigenvalue weighted by Gasteiger charge is 2.73. The Hall–Kier alpha value is -3.89. The van der Waals surface area contributed by atoms with E-state index in [0.717, 1.165) is 5.56 Å². The molecule has 200 valence electrons. The molecule has 0 aromatic heterocycles. The van der Waals surface area contributed by atoms with Gasteiger partial charge >= 0.3 is 18.0 Å². The van der Waals surface area contributed by atoms with Gasteiger partial charge in [0.2, 0.25) is 0 Å². The van der Waals surface area contributed by atoms with Gasteiger partial charge in [0.15, 0.2) is 0 Å². The number of hydrogen-bond donors (Lipinski definition) is 1. The van der Waals surface area contributed by atoms with Gasteiger partial charge in [0, 0.05) is 28.1 Å². The number of nitrogens with one attached hydrogen (secondary N) is 1. The van der Waals surface area contributed by atoms with E-state index < -0.39 is 29.5 Å². The number of amides is 2. The van der Waals surface area contributed by atoms with Crippen molar-refractivity contribution < 1.29 is 40.3 Å². The summed E-state index contributed by atoms with van der Waals surface area (Å²) in [6, 6.07) is 14.0. The monoisotopic (exact) mass is 538 g/mol. The topological polar surface area (TPSA) is 49.4 Å². The number of benzene rings is 3. The van der Waals surface area contributed by atoms with Crippen LogP contribution in [0, 0.1) is 6.92 Å². The molecule has 0 unspecified atom stereocenters. The molecular weight excluding hydrogens is 517 g/mol. The maximum Gasteiger partial charge on any atom is 0.435 e. The van der Waals surface area contributed by atoms with Gasteiger partial charge in [-0.05, 0) is 60.4 Å². The van der Waals surface area contributed by atoms with Crippen LogP contribution in [0.4, 0.5) is 42.1 Å². The number of halogens is 7. The third-order valence-corrected chi connectivity index (χ3v) is 6.46. The molecule has 2 amide bonds. The third-order valence-electron chi connectivity index (χ3n) is 6.46. The number of nitrogens with zero attached hydrogens (tertiary/aromatic N) is 1. The standard InChI is InChI=1S/C27H21F7N2O2/c1-3-16-12-19(25(28,26(29,30)31)27(32,33)34)11-15(2)22(16)35-23(37)17-8-6-9-20(13-17)36-14-18-7-4-5-10-21(18)24(36)38/h4-13H,3,14H2,1-2H3,(H,35,37). The molecule has 11 heteroatoms. The lowest BCUT2D eigenvalue weighted by atomic mass is 9.89. The molecule has 1 aliphatic rings. The molecule has 0 fully saturated rings. The van der Waals surface area contributed by atoms with Crippen molar-refractivity contribution in [2.75, 3.05) is 10.2 Å². The predicted molar refractivity (Wildman–Crippen MR) is 127 cm³/mol. The first-order valence-corrected chi connectivity index (χ1v) is 11.5. The van der Waals surface area contributed by atoms with Crippen molar-refractivity contribution in [2.45, 2.75) is 44.8 Å². The summed E-state index contributed by atoms with van der Waals surface area (Å²) >= 11 is 0. The Morgan fingerprint density at radius 2 is 1.58 bits per heavy atom. The Bertz CT molecular complexity index is 1400. The molecule has 38 heavy (non-hydrogen) atoms. The Kier molecular flexibility index (Phi) is 6.75.